The number of amides is 1. The Morgan fingerprint density at radius 2 is 2.08 bits per heavy atom. The van der Waals surface area contributed by atoms with Crippen molar-refractivity contribution >= 4 is 11.7 Å². The van der Waals surface area contributed by atoms with Gasteiger partial charge in [-0.1, -0.05) is 12.5 Å². The highest BCUT2D eigenvalue weighted by atomic mass is 16.1. The summed E-state index contributed by atoms with van der Waals surface area (Å²) in [7, 11) is 2.15. The Morgan fingerprint density at radius 3 is 2.75 bits per heavy atom. The van der Waals surface area contributed by atoms with Gasteiger partial charge in [0, 0.05) is 50.9 Å². The fourth-order valence-corrected chi connectivity index (χ4v) is 3.54. The smallest absolute Gasteiger partial charge is 0.223 e. The van der Waals surface area contributed by atoms with Gasteiger partial charge in [-0.15, -0.1) is 0 Å². The van der Waals surface area contributed by atoms with Crippen LogP contribution in [0.3, 0.4) is 0 Å². The molecule has 1 saturated heterocycles. The van der Waals surface area contributed by atoms with Gasteiger partial charge in [-0.25, -0.2) is 4.98 Å². The van der Waals surface area contributed by atoms with E-state index < -0.39 is 0 Å². The van der Waals surface area contributed by atoms with Gasteiger partial charge in [-0.2, -0.15) is 0 Å². The van der Waals surface area contributed by atoms with Gasteiger partial charge in [0.2, 0.25) is 5.91 Å². The fraction of sp³-hybridized carbons (Fsp3) is 0.667. The lowest BCUT2D eigenvalue weighted by atomic mass is 9.85. The van der Waals surface area contributed by atoms with Crippen molar-refractivity contribution in [2.75, 3.05) is 38.1 Å². The number of hydrogen-bond donors (Lipinski definition) is 2. The number of likely N-dealkylation sites (N-methyl/N-ethyl adjacent to an activating group) is 1. The van der Waals surface area contributed by atoms with Crippen LogP contribution in [-0.4, -0.2) is 55.1 Å². The van der Waals surface area contributed by atoms with Gasteiger partial charge in [-0.3, -0.25) is 4.79 Å². The number of piperazine rings is 1. The van der Waals surface area contributed by atoms with Crippen LogP contribution in [0.25, 0.3) is 0 Å². The van der Waals surface area contributed by atoms with Crippen molar-refractivity contribution in [2.45, 2.75) is 38.3 Å². The zero-order chi connectivity index (χ0) is 16.9. The van der Waals surface area contributed by atoms with Gasteiger partial charge in [0.1, 0.15) is 5.82 Å². The van der Waals surface area contributed by atoms with E-state index in [1.165, 1.54) is 0 Å². The average molecular weight is 331 g/mol. The van der Waals surface area contributed by atoms with E-state index in [-0.39, 0.29) is 17.9 Å². The highest BCUT2D eigenvalue weighted by molar-refractivity contribution is 5.78. The molecule has 1 aromatic heterocycles. The van der Waals surface area contributed by atoms with Gasteiger partial charge in [-0.05, 0) is 37.9 Å². The predicted molar refractivity (Wildman–Crippen MR) is 95.7 cm³/mol. The first kappa shape index (κ1) is 17.2. The average Bonchev–Trinajstić information content (AvgIpc) is 2.61. The molecule has 1 aromatic rings. The molecule has 132 valence electrons. The molecule has 3 rings (SSSR count). The molecule has 1 aliphatic heterocycles. The second-order valence-electron chi connectivity index (χ2n) is 7.16. The fourth-order valence-electron chi connectivity index (χ4n) is 3.54. The number of nitrogens with two attached hydrogens (primary N) is 1. The van der Waals surface area contributed by atoms with Crippen LogP contribution in [0.1, 0.15) is 31.2 Å². The van der Waals surface area contributed by atoms with E-state index in [4.69, 9.17) is 5.73 Å². The number of anilines is 1. The van der Waals surface area contributed by atoms with Gasteiger partial charge >= 0.3 is 0 Å². The van der Waals surface area contributed by atoms with Crippen molar-refractivity contribution in [2.24, 2.45) is 11.7 Å². The molecule has 24 heavy (non-hydrogen) atoms. The summed E-state index contributed by atoms with van der Waals surface area (Å²) in [6, 6.07) is 4.30. The summed E-state index contributed by atoms with van der Waals surface area (Å²) in [6.45, 7) is 4.72. The van der Waals surface area contributed by atoms with Crippen molar-refractivity contribution in [1.82, 2.24) is 15.2 Å². The topological polar surface area (TPSA) is 74.5 Å². The van der Waals surface area contributed by atoms with Crippen molar-refractivity contribution < 1.29 is 4.79 Å². The Balaban J connectivity index is 1.48. The number of aromatic nitrogens is 1. The number of nitrogens with zero attached hydrogens (tertiary/aromatic N) is 3. The van der Waals surface area contributed by atoms with E-state index in [1.54, 1.807) is 0 Å². The normalized spacial score (nSPS) is 25.5. The summed E-state index contributed by atoms with van der Waals surface area (Å²) in [4.78, 5) is 21.5. The Bertz CT molecular complexity index is 539. The van der Waals surface area contributed by atoms with Crippen molar-refractivity contribution in [3.63, 3.8) is 0 Å². The number of hydrogen-bond acceptors (Lipinski definition) is 5. The van der Waals surface area contributed by atoms with Gasteiger partial charge in [0.05, 0.1) is 0 Å². The molecule has 2 atom stereocenters. The van der Waals surface area contributed by atoms with Gasteiger partial charge in [0.25, 0.3) is 0 Å². The molecule has 2 heterocycles. The van der Waals surface area contributed by atoms with Crippen LogP contribution < -0.4 is 16.0 Å². The standard InChI is InChI=1S/C18H29N5O/c1-22-7-9-23(10-8-22)17-6-5-14(12-20-17)13-21-18(24)15-3-2-4-16(19)11-15/h5-6,12,15-16H,2-4,7-11,13,19H2,1H3,(H,21,24). The lowest BCUT2D eigenvalue weighted by Gasteiger charge is -2.33. The third-order valence-electron chi connectivity index (χ3n) is 5.19. The second-order valence-corrected chi connectivity index (χ2v) is 7.16. The maximum absolute atomic E-state index is 12.3. The van der Waals surface area contributed by atoms with Crippen LogP contribution in [-0.2, 0) is 11.3 Å². The third kappa shape index (κ3) is 4.45. The van der Waals surface area contributed by atoms with Crippen LogP contribution in [0.2, 0.25) is 0 Å². The summed E-state index contributed by atoms with van der Waals surface area (Å²) < 4.78 is 0. The number of pyridine rings is 1. The SMILES string of the molecule is CN1CCN(c2ccc(CNC(=O)C3CCCC(N)C3)cn2)CC1. The molecule has 0 aromatic carbocycles. The zero-order valence-electron chi connectivity index (χ0n) is 14.6. The minimum atomic E-state index is 0.0753. The second kappa shape index (κ2) is 7.94. The molecule has 6 nitrogen and oxygen atoms in total. The first-order chi connectivity index (χ1) is 11.6. The monoisotopic (exact) mass is 331 g/mol. The molecule has 2 aliphatic rings. The van der Waals surface area contributed by atoms with Gasteiger partial charge in [0.15, 0.2) is 0 Å². The molecule has 1 saturated carbocycles. The largest absolute Gasteiger partial charge is 0.354 e. The molecule has 2 fully saturated rings. The van der Waals surface area contributed by atoms with Crippen LogP contribution in [0.5, 0.6) is 0 Å². The Hall–Kier alpha value is -1.66. The Labute approximate surface area is 144 Å². The van der Waals surface area contributed by atoms with E-state index >= 15 is 0 Å². The van der Waals surface area contributed by atoms with Crippen LogP contribution in [0, 0.1) is 5.92 Å². The highest BCUT2D eigenvalue weighted by Gasteiger charge is 2.25. The Kier molecular flexibility index (Phi) is 5.68. The highest BCUT2D eigenvalue weighted by Crippen LogP contribution is 2.23. The van der Waals surface area contributed by atoms with E-state index in [2.05, 4.69) is 39.3 Å². The van der Waals surface area contributed by atoms with E-state index in [9.17, 15) is 4.79 Å². The molecule has 0 spiro atoms. The lowest BCUT2D eigenvalue weighted by Crippen LogP contribution is -2.44. The molecule has 1 aliphatic carbocycles. The third-order valence-corrected chi connectivity index (χ3v) is 5.19. The summed E-state index contributed by atoms with van der Waals surface area (Å²) in [5.74, 6) is 1.23. The number of rotatable bonds is 4. The Morgan fingerprint density at radius 1 is 1.29 bits per heavy atom. The molecular weight excluding hydrogens is 302 g/mol. The maximum atomic E-state index is 12.3. The zero-order valence-corrected chi connectivity index (χ0v) is 14.6. The summed E-state index contributed by atoms with van der Waals surface area (Å²) in [5.41, 5.74) is 7.01. The summed E-state index contributed by atoms with van der Waals surface area (Å²) >= 11 is 0. The van der Waals surface area contributed by atoms with Gasteiger partial charge < -0.3 is 20.9 Å². The summed E-state index contributed by atoms with van der Waals surface area (Å²) in [5, 5.41) is 3.04. The van der Waals surface area contributed by atoms with Crippen molar-refractivity contribution in [3.05, 3.63) is 23.9 Å². The minimum Gasteiger partial charge on any atom is -0.354 e. The molecule has 1 amide bonds. The number of nitrogens with one attached hydrogen (secondary N) is 1. The van der Waals surface area contributed by atoms with Crippen molar-refractivity contribution in [3.8, 4) is 0 Å². The molecule has 6 heteroatoms. The minimum absolute atomic E-state index is 0.0753. The maximum Gasteiger partial charge on any atom is 0.223 e. The van der Waals surface area contributed by atoms with E-state index in [0.717, 1.165) is 63.2 Å². The quantitative estimate of drug-likeness (QED) is 0.860. The molecular formula is C18H29N5O. The predicted octanol–water partition coefficient (Wildman–Crippen LogP) is 0.967. The molecule has 0 bridgehead atoms. The first-order valence-electron chi connectivity index (χ1n) is 9.03. The lowest BCUT2D eigenvalue weighted by molar-refractivity contribution is -0.126. The molecule has 3 N–H and O–H groups in total. The van der Waals surface area contributed by atoms with Crippen LogP contribution >= 0.6 is 0 Å². The molecule has 0 radical (unpaired) electrons. The van der Waals surface area contributed by atoms with Crippen LogP contribution in [0.4, 0.5) is 5.82 Å². The summed E-state index contributed by atoms with van der Waals surface area (Å²) in [6.07, 6.45) is 5.75. The van der Waals surface area contributed by atoms with Crippen molar-refractivity contribution in [1.29, 1.82) is 0 Å². The van der Waals surface area contributed by atoms with Crippen LogP contribution in [0.15, 0.2) is 18.3 Å². The number of carbonyl (C=O) groups excluding carboxylic acids is 1. The number of carbonyl (C=O) groups is 1. The van der Waals surface area contributed by atoms with E-state index in [0.29, 0.717) is 6.54 Å². The van der Waals surface area contributed by atoms with E-state index in [1.807, 2.05) is 6.20 Å². The first-order valence-corrected chi connectivity index (χ1v) is 9.03. The molecule has 2 unspecified atom stereocenters.